The molecule has 0 amide bonds. The number of nitro groups is 1. The molecule has 1 aromatic heterocycles. The van der Waals surface area contributed by atoms with Gasteiger partial charge in [0.05, 0.1) is 12.0 Å². The molecule has 1 N–H and O–H groups in total. The minimum Gasteiger partial charge on any atom is -0.490 e. The molecule has 0 aliphatic carbocycles. The molecule has 0 saturated heterocycles. The summed E-state index contributed by atoms with van der Waals surface area (Å²) in [6.07, 6.45) is 0. The minimum absolute atomic E-state index is 0.110. The summed E-state index contributed by atoms with van der Waals surface area (Å²) in [5, 5.41) is 20.0. The van der Waals surface area contributed by atoms with Crippen LogP contribution in [-0.2, 0) is 7.05 Å². The number of aromatic carboxylic acids is 1. The Kier molecular flexibility index (Phi) is 3.43. The highest BCUT2D eigenvalue weighted by Crippen LogP contribution is 2.32. The smallest absolute Gasteiger partial charge is 0.352 e. The van der Waals surface area contributed by atoms with Crippen LogP contribution < -0.4 is 4.74 Å². The first-order chi connectivity index (χ1) is 9.45. The van der Waals surface area contributed by atoms with E-state index >= 15 is 0 Å². The van der Waals surface area contributed by atoms with E-state index in [1.54, 1.807) is 19.2 Å². The van der Waals surface area contributed by atoms with Gasteiger partial charge in [0.25, 0.3) is 0 Å². The Morgan fingerprint density at radius 2 is 2.05 bits per heavy atom. The van der Waals surface area contributed by atoms with Gasteiger partial charge in [-0.05, 0) is 24.3 Å². The Morgan fingerprint density at radius 3 is 2.55 bits per heavy atom. The molecule has 0 unspecified atom stereocenters. The zero-order valence-corrected chi connectivity index (χ0v) is 10.9. The van der Waals surface area contributed by atoms with Gasteiger partial charge in [0.15, 0.2) is 5.75 Å². The van der Waals surface area contributed by atoms with E-state index in [-0.39, 0.29) is 17.1 Å². The predicted molar refractivity (Wildman–Crippen MR) is 71.0 cm³/mol. The lowest BCUT2D eigenvalue weighted by Crippen LogP contribution is -2.05. The molecule has 2 rings (SSSR count). The van der Waals surface area contributed by atoms with Gasteiger partial charge in [-0.15, -0.1) is 0 Å². The number of rotatable bonds is 4. The van der Waals surface area contributed by atoms with Gasteiger partial charge >= 0.3 is 11.7 Å². The second-order valence-corrected chi connectivity index (χ2v) is 4.11. The van der Waals surface area contributed by atoms with Crippen LogP contribution in [0.15, 0.2) is 30.3 Å². The lowest BCUT2D eigenvalue weighted by atomic mass is 10.1. The van der Waals surface area contributed by atoms with Gasteiger partial charge in [-0.2, -0.15) is 0 Å². The molecule has 0 radical (unpaired) electrons. The Balaban J connectivity index is 2.56. The third kappa shape index (κ3) is 2.20. The maximum absolute atomic E-state index is 11.0. The molecule has 7 nitrogen and oxygen atoms in total. The quantitative estimate of drug-likeness (QED) is 0.683. The maximum Gasteiger partial charge on any atom is 0.352 e. The number of benzene rings is 1. The lowest BCUT2D eigenvalue weighted by Gasteiger charge is -2.07. The largest absolute Gasteiger partial charge is 0.490 e. The lowest BCUT2D eigenvalue weighted by molar-refractivity contribution is -0.385. The molecule has 20 heavy (non-hydrogen) atoms. The number of aromatic nitrogens is 1. The molecule has 0 saturated carbocycles. The van der Waals surface area contributed by atoms with E-state index in [0.29, 0.717) is 11.3 Å². The number of carboxylic acids is 1. The zero-order chi connectivity index (χ0) is 14.9. The van der Waals surface area contributed by atoms with Crippen molar-refractivity contribution in [2.24, 2.45) is 7.05 Å². The first-order valence-electron chi connectivity index (χ1n) is 5.67. The number of carbonyl (C=O) groups is 1. The summed E-state index contributed by atoms with van der Waals surface area (Å²) in [7, 11) is 2.95. The van der Waals surface area contributed by atoms with Crippen LogP contribution in [0, 0.1) is 10.1 Å². The molecule has 0 aliphatic rings. The van der Waals surface area contributed by atoms with Crippen molar-refractivity contribution in [3.63, 3.8) is 0 Å². The van der Waals surface area contributed by atoms with Gasteiger partial charge < -0.3 is 14.4 Å². The Bertz CT molecular complexity index is 690. The first-order valence-corrected chi connectivity index (χ1v) is 5.67. The topological polar surface area (TPSA) is 94.6 Å². The predicted octanol–water partition coefficient (Wildman–Crippen LogP) is 2.31. The summed E-state index contributed by atoms with van der Waals surface area (Å²) in [5.41, 5.74) is 1.07. The summed E-state index contributed by atoms with van der Waals surface area (Å²) >= 11 is 0. The molecule has 0 fully saturated rings. The molecule has 1 aromatic carbocycles. The van der Waals surface area contributed by atoms with Crippen LogP contribution in [0.2, 0.25) is 0 Å². The van der Waals surface area contributed by atoms with Crippen molar-refractivity contribution in [1.82, 2.24) is 4.57 Å². The second-order valence-electron chi connectivity index (χ2n) is 4.11. The highest BCUT2D eigenvalue weighted by Gasteiger charge is 2.18. The standard InChI is InChI=1S/C13H12N2O5/c1-14-9(4-5-10(14)13(16)17)8-3-6-12(20-2)11(7-8)15(18)19/h3-7H,1-2H3,(H,16,17). The van der Waals surface area contributed by atoms with E-state index in [4.69, 9.17) is 9.84 Å². The van der Waals surface area contributed by atoms with Crippen LogP contribution >= 0.6 is 0 Å². The summed E-state index contributed by atoms with van der Waals surface area (Å²) in [5.74, 6) is -0.895. The molecule has 0 bridgehead atoms. The van der Waals surface area contributed by atoms with Crippen LogP contribution in [0.3, 0.4) is 0 Å². The van der Waals surface area contributed by atoms with Crippen LogP contribution in [0.1, 0.15) is 10.5 Å². The van der Waals surface area contributed by atoms with Crippen molar-refractivity contribution in [3.05, 3.63) is 46.1 Å². The molecule has 2 aromatic rings. The Morgan fingerprint density at radius 1 is 1.35 bits per heavy atom. The fraction of sp³-hybridized carbons (Fsp3) is 0.154. The Hall–Kier alpha value is -2.83. The number of carboxylic acid groups (broad SMARTS) is 1. The zero-order valence-electron chi connectivity index (χ0n) is 10.9. The number of hydrogen-bond donors (Lipinski definition) is 1. The number of nitro benzene ring substituents is 1. The van der Waals surface area contributed by atoms with Gasteiger partial charge in [0.2, 0.25) is 0 Å². The highest BCUT2D eigenvalue weighted by atomic mass is 16.6. The summed E-state index contributed by atoms with van der Waals surface area (Å²) in [6, 6.07) is 7.55. The van der Waals surface area contributed by atoms with Crippen LogP contribution in [0.4, 0.5) is 5.69 Å². The van der Waals surface area contributed by atoms with Crippen molar-refractivity contribution in [2.75, 3.05) is 7.11 Å². The Labute approximate surface area is 114 Å². The van der Waals surface area contributed by atoms with E-state index in [0.717, 1.165) is 0 Å². The minimum atomic E-state index is -1.05. The highest BCUT2D eigenvalue weighted by molar-refractivity contribution is 5.87. The summed E-state index contributed by atoms with van der Waals surface area (Å²) in [6.45, 7) is 0. The SMILES string of the molecule is COc1ccc(-c2ccc(C(=O)O)n2C)cc1[N+](=O)[O-]. The number of methoxy groups -OCH3 is 1. The van der Waals surface area contributed by atoms with Gasteiger partial charge in [-0.1, -0.05) is 0 Å². The van der Waals surface area contributed by atoms with E-state index in [1.807, 2.05) is 0 Å². The average molecular weight is 276 g/mol. The van der Waals surface area contributed by atoms with Crippen LogP contribution in [0.25, 0.3) is 11.3 Å². The first kappa shape index (κ1) is 13.6. The molecule has 104 valence electrons. The molecule has 0 atom stereocenters. The second kappa shape index (κ2) is 5.04. The molecule has 7 heteroatoms. The third-order valence-corrected chi connectivity index (χ3v) is 3.01. The monoisotopic (exact) mass is 276 g/mol. The summed E-state index contributed by atoms with van der Waals surface area (Å²) < 4.78 is 6.39. The summed E-state index contributed by atoms with van der Waals surface area (Å²) in [4.78, 5) is 21.4. The van der Waals surface area contributed by atoms with Gasteiger partial charge in [0.1, 0.15) is 5.69 Å². The van der Waals surface area contributed by atoms with Crippen molar-refractivity contribution >= 4 is 11.7 Å². The molecule has 0 spiro atoms. The van der Waals surface area contributed by atoms with E-state index in [1.165, 1.54) is 29.9 Å². The molecular weight excluding hydrogens is 264 g/mol. The van der Waals surface area contributed by atoms with Gasteiger partial charge in [0, 0.05) is 24.4 Å². The molecule has 0 aliphatic heterocycles. The van der Waals surface area contributed by atoms with Crippen molar-refractivity contribution in [1.29, 1.82) is 0 Å². The number of ether oxygens (including phenoxy) is 1. The van der Waals surface area contributed by atoms with E-state index < -0.39 is 10.9 Å². The maximum atomic E-state index is 11.0. The van der Waals surface area contributed by atoms with Crippen LogP contribution in [0.5, 0.6) is 5.75 Å². The normalized spacial score (nSPS) is 10.3. The van der Waals surface area contributed by atoms with Crippen molar-refractivity contribution < 1.29 is 19.6 Å². The van der Waals surface area contributed by atoms with Gasteiger partial charge in [-0.25, -0.2) is 4.79 Å². The van der Waals surface area contributed by atoms with E-state index in [2.05, 4.69) is 0 Å². The van der Waals surface area contributed by atoms with Crippen molar-refractivity contribution in [3.8, 4) is 17.0 Å². The number of nitrogens with zero attached hydrogens (tertiary/aromatic N) is 2. The van der Waals surface area contributed by atoms with Crippen LogP contribution in [-0.4, -0.2) is 27.7 Å². The fourth-order valence-corrected chi connectivity index (χ4v) is 2.01. The van der Waals surface area contributed by atoms with E-state index in [9.17, 15) is 14.9 Å². The fourth-order valence-electron chi connectivity index (χ4n) is 2.01. The van der Waals surface area contributed by atoms with Crippen molar-refractivity contribution in [2.45, 2.75) is 0 Å². The third-order valence-electron chi connectivity index (χ3n) is 3.01. The van der Waals surface area contributed by atoms with Gasteiger partial charge in [-0.3, -0.25) is 10.1 Å². The molecule has 1 heterocycles. The average Bonchev–Trinajstić information content (AvgIpc) is 2.79. The number of hydrogen-bond acceptors (Lipinski definition) is 4. The molecular formula is C13H12N2O5.